The summed E-state index contributed by atoms with van der Waals surface area (Å²) in [5.74, 6) is -0.214. The van der Waals surface area contributed by atoms with Crippen LogP contribution in [-0.2, 0) is 0 Å². The van der Waals surface area contributed by atoms with Crippen LogP contribution in [0, 0.1) is 6.92 Å². The number of aromatic nitrogens is 2. The molecule has 1 atom stereocenters. The molecule has 0 fully saturated rings. The molecule has 5 heteroatoms. The highest BCUT2D eigenvalue weighted by atomic mass is 35.5. The summed E-state index contributed by atoms with van der Waals surface area (Å²) in [6, 6.07) is 17.1. The smallest absolute Gasteiger partial charge is 0.272 e. The Balaban J connectivity index is 1.74. The Morgan fingerprint density at radius 2 is 1.83 bits per heavy atom. The van der Waals surface area contributed by atoms with Crippen LogP contribution in [0.4, 0.5) is 0 Å². The van der Waals surface area contributed by atoms with Crippen molar-refractivity contribution < 1.29 is 4.79 Å². The summed E-state index contributed by atoms with van der Waals surface area (Å²) in [4.78, 5) is 12.4. The molecule has 0 saturated heterocycles. The Hall–Kier alpha value is -2.59. The maximum atomic E-state index is 12.4. The number of aryl methyl sites for hydroxylation is 1. The van der Waals surface area contributed by atoms with Crippen molar-refractivity contribution in [3.8, 4) is 5.69 Å². The van der Waals surface area contributed by atoms with Gasteiger partial charge in [-0.25, -0.2) is 4.68 Å². The highest BCUT2D eigenvalue weighted by Crippen LogP contribution is 2.19. The zero-order chi connectivity index (χ0) is 17.1. The molecule has 1 N–H and O–H groups in total. The third-order valence-corrected chi connectivity index (χ3v) is 4.17. The first-order valence-electron chi connectivity index (χ1n) is 7.72. The number of hydrogen-bond acceptors (Lipinski definition) is 2. The van der Waals surface area contributed by atoms with Crippen molar-refractivity contribution in [2.45, 2.75) is 19.9 Å². The molecule has 0 aliphatic rings. The van der Waals surface area contributed by atoms with Crippen LogP contribution in [0.3, 0.4) is 0 Å². The summed E-state index contributed by atoms with van der Waals surface area (Å²) < 4.78 is 1.60. The number of carbonyl (C=O) groups excluding carboxylic acids is 1. The summed E-state index contributed by atoms with van der Waals surface area (Å²) in [5.41, 5.74) is 3.34. The Bertz CT molecular complexity index is 855. The first-order chi connectivity index (χ1) is 11.5. The summed E-state index contributed by atoms with van der Waals surface area (Å²) in [6.07, 6.45) is 1.73. The number of rotatable bonds is 4. The largest absolute Gasteiger partial charge is 0.344 e. The molecule has 0 saturated carbocycles. The predicted molar refractivity (Wildman–Crippen MR) is 95.6 cm³/mol. The lowest BCUT2D eigenvalue weighted by molar-refractivity contribution is 0.0934. The molecule has 2 aromatic carbocycles. The SMILES string of the molecule is Cc1ccc(C(C)NC(=O)c2ccn(-c3ccccc3Cl)n2)cc1. The molecule has 0 radical (unpaired) electrons. The van der Waals surface area contributed by atoms with Crippen molar-refractivity contribution in [1.82, 2.24) is 15.1 Å². The number of benzene rings is 2. The minimum absolute atomic E-state index is 0.0939. The zero-order valence-corrected chi connectivity index (χ0v) is 14.3. The summed E-state index contributed by atoms with van der Waals surface area (Å²) in [7, 11) is 0. The Kier molecular flexibility index (Phi) is 4.67. The van der Waals surface area contributed by atoms with Gasteiger partial charge in [0, 0.05) is 6.20 Å². The minimum atomic E-state index is -0.214. The molecule has 24 heavy (non-hydrogen) atoms. The van der Waals surface area contributed by atoms with E-state index in [2.05, 4.69) is 10.4 Å². The minimum Gasteiger partial charge on any atom is -0.344 e. The first-order valence-corrected chi connectivity index (χ1v) is 8.10. The van der Waals surface area contributed by atoms with Crippen LogP contribution in [0.5, 0.6) is 0 Å². The summed E-state index contributed by atoms with van der Waals surface area (Å²) in [6.45, 7) is 3.99. The molecule has 1 amide bonds. The van der Waals surface area contributed by atoms with Crippen LogP contribution in [0.15, 0.2) is 60.8 Å². The number of nitrogens with zero attached hydrogens (tertiary/aromatic N) is 2. The molecule has 0 aliphatic carbocycles. The van der Waals surface area contributed by atoms with Crippen molar-refractivity contribution >= 4 is 17.5 Å². The monoisotopic (exact) mass is 339 g/mol. The Morgan fingerprint density at radius 3 is 2.54 bits per heavy atom. The second-order valence-corrected chi connectivity index (χ2v) is 6.11. The van der Waals surface area contributed by atoms with E-state index in [4.69, 9.17) is 11.6 Å². The van der Waals surface area contributed by atoms with Crippen LogP contribution in [-0.4, -0.2) is 15.7 Å². The third kappa shape index (κ3) is 3.49. The van der Waals surface area contributed by atoms with Crippen LogP contribution >= 0.6 is 11.6 Å². The number of para-hydroxylation sites is 1. The first kappa shape index (κ1) is 16.3. The molecule has 0 bridgehead atoms. The van der Waals surface area contributed by atoms with E-state index in [1.54, 1.807) is 23.0 Å². The zero-order valence-electron chi connectivity index (χ0n) is 13.5. The van der Waals surface area contributed by atoms with Gasteiger partial charge in [0.05, 0.1) is 16.8 Å². The quantitative estimate of drug-likeness (QED) is 0.769. The Morgan fingerprint density at radius 1 is 1.12 bits per heavy atom. The lowest BCUT2D eigenvalue weighted by Gasteiger charge is -2.13. The molecule has 4 nitrogen and oxygen atoms in total. The number of amides is 1. The van der Waals surface area contributed by atoms with Crippen LogP contribution < -0.4 is 5.32 Å². The molecule has 0 spiro atoms. The highest BCUT2D eigenvalue weighted by Gasteiger charge is 2.14. The molecule has 0 aliphatic heterocycles. The van der Waals surface area contributed by atoms with E-state index in [0.717, 1.165) is 11.3 Å². The molecule has 3 aromatic rings. The fourth-order valence-electron chi connectivity index (χ4n) is 2.43. The van der Waals surface area contributed by atoms with Crippen molar-refractivity contribution in [1.29, 1.82) is 0 Å². The molecule has 1 aromatic heterocycles. The summed E-state index contributed by atoms with van der Waals surface area (Å²) >= 11 is 6.16. The van der Waals surface area contributed by atoms with Gasteiger partial charge in [0.2, 0.25) is 0 Å². The van der Waals surface area contributed by atoms with E-state index in [1.807, 2.05) is 56.3 Å². The standard InChI is InChI=1S/C19H18ClN3O/c1-13-7-9-15(10-8-13)14(2)21-19(24)17-11-12-23(22-17)18-6-4-3-5-16(18)20/h3-12,14H,1-2H3,(H,21,24). The highest BCUT2D eigenvalue weighted by molar-refractivity contribution is 6.32. The lowest BCUT2D eigenvalue weighted by Crippen LogP contribution is -2.27. The number of nitrogens with one attached hydrogen (secondary N) is 1. The average molecular weight is 340 g/mol. The van der Waals surface area contributed by atoms with E-state index in [9.17, 15) is 4.79 Å². The fraction of sp³-hybridized carbons (Fsp3) is 0.158. The normalized spacial score (nSPS) is 12.0. The van der Waals surface area contributed by atoms with Gasteiger partial charge in [0.1, 0.15) is 0 Å². The molecular formula is C19H18ClN3O. The summed E-state index contributed by atoms with van der Waals surface area (Å²) in [5, 5.41) is 7.87. The van der Waals surface area contributed by atoms with Crippen LogP contribution in [0.25, 0.3) is 5.69 Å². The van der Waals surface area contributed by atoms with Gasteiger partial charge in [-0.2, -0.15) is 5.10 Å². The van der Waals surface area contributed by atoms with Crippen LogP contribution in [0.2, 0.25) is 5.02 Å². The second-order valence-electron chi connectivity index (χ2n) is 5.70. The predicted octanol–water partition coefficient (Wildman–Crippen LogP) is 4.33. The maximum absolute atomic E-state index is 12.4. The van der Waals surface area contributed by atoms with E-state index in [0.29, 0.717) is 10.7 Å². The van der Waals surface area contributed by atoms with Crippen molar-refractivity contribution in [2.75, 3.05) is 0 Å². The molecule has 3 rings (SSSR count). The van der Waals surface area contributed by atoms with Crippen molar-refractivity contribution in [3.05, 3.63) is 82.6 Å². The average Bonchev–Trinajstić information content (AvgIpc) is 3.05. The van der Waals surface area contributed by atoms with Gasteiger partial charge >= 0.3 is 0 Å². The van der Waals surface area contributed by atoms with Crippen LogP contribution in [0.1, 0.15) is 34.6 Å². The number of halogens is 1. The van der Waals surface area contributed by atoms with E-state index in [1.165, 1.54) is 5.56 Å². The fourth-order valence-corrected chi connectivity index (χ4v) is 2.65. The van der Waals surface area contributed by atoms with Gasteiger partial charge in [-0.3, -0.25) is 4.79 Å². The Labute approximate surface area is 146 Å². The van der Waals surface area contributed by atoms with Gasteiger partial charge in [-0.1, -0.05) is 53.6 Å². The van der Waals surface area contributed by atoms with Gasteiger partial charge in [0.15, 0.2) is 5.69 Å². The molecule has 1 unspecified atom stereocenters. The van der Waals surface area contributed by atoms with E-state index in [-0.39, 0.29) is 11.9 Å². The van der Waals surface area contributed by atoms with Crippen molar-refractivity contribution in [2.24, 2.45) is 0 Å². The molecular weight excluding hydrogens is 322 g/mol. The van der Waals surface area contributed by atoms with Crippen molar-refractivity contribution in [3.63, 3.8) is 0 Å². The number of carbonyl (C=O) groups is 1. The van der Waals surface area contributed by atoms with Gasteiger partial charge in [-0.05, 0) is 37.6 Å². The van der Waals surface area contributed by atoms with Gasteiger partial charge < -0.3 is 5.32 Å². The second kappa shape index (κ2) is 6.89. The van der Waals surface area contributed by atoms with E-state index >= 15 is 0 Å². The molecule has 1 heterocycles. The number of hydrogen-bond donors (Lipinski definition) is 1. The topological polar surface area (TPSA) is 46.9 Å². The third-order valence-electron chi connectivity index (χ3n) is 3.85. The van der Waals surface area contributed by atoms with Gasteiger partial charge in [-0.15, -0.1) is 0 Å². The maximum Gasteiger partial charge on any atom is 0.272 e. The van der Waals surface area contributed by atoms with Gasteiger partial charge in [0.25, 0.3) is 5.91 Å². The van der Waals surface area contributed by atoms with E-state index < -0.39 is 0 Å². The molecule has 122 valence electrons. The lowest BCUT2D eigenvalue weighted by atomic mass is 10.1.